The summed E-state index contributed by atoms with van der Waals surface area (Å²) >= 11 is 0. The van der Waals surface area contributed by atoms with E-state index in [0.717, 1.165) is 82.0 Å². The molecule has 2 N–H and O–H groups in total. The lowest BCUT2D eigenvalue weighted by Crippen LogP contribution is -1.99. The van der Waals surface area contributed by atoms with Crippen LogP contribution in [0, 0.1) is 0 Å². The molecule has 262 valence electrons. The molecule has 5 heterocycles. The Morgan fingerprint density at radius 1 is 0.480 bits per heavy atom. The van der Waals surface area contributed by atoms with Crippen molar-refractivity contribution in [3.05, 3.63) is 93.1 Å². The van der Waals surface area contributed by atoms with E-state index in [4.69, 9.17) is 9.97 Å². The van der Waals surface area contributed by atoms with Crippen molar-refractivity contribution in [2.24, 2.45) is 0 Å². The summed E-state index contributed by atoms with van der Waals surface area (Å²) in [5.41, 5.74) is 24.4. The molecule has 1 aromatic carbocycles. The monoisotopic (exact) mass is 666 g/mol. The second kappa shape index (κ2) is 15.4. The van der Waals surface area contributed by atoms with Gasteiger partial charge in [0.05, 0.1) is 33.8 Å². The van der Waals surface area contributed by atoms with Crippen molar-refractivity contribution in [1.82, 2.24) is 19.9 Å². The summed E-state index contributed by atoms with van der Waals surface area (Å²) in [6, 6.07) is 15.8. The van der Waals surface area contributed by atoms with Crippen molar-refractivity contribution in [2.45, 2.75) is 133 Å². The van der Waals surface area contributed by atoms with Gasteiger partial charge in [-0.3, -0.25) is 0 Å². The highest BCUT2D eigenvalue weighted by atomic mass is 14.8. The molecule has 0 saturated heterocycles. The van der Waals surface area contributed by atoms with Crippen LogP contribution in [-0.4, -0.2) is 19.9 Å². The first kappa shape index (κ1) is 35.6. The number of rotatable bonds is 12. The Morgan fingerprint density at radius 2 is 0.920 bits per heavy atom. The number of H-pyrrole nitrogens is 2. The van der Waals surface area contributed by atoms with Gasteiger partial charge >= 0.3 is 0 Å². The topological polar surface area (TPSA) is 57.4 Å². The second-order valence-corrected chi connectivity index (χ2v) is 13.8. The third-order valence-electron chi connectivity index (χ3n) is 11.2. The predicted molar refractivity (Wildman–Crippen MR) is 217 cm³/mol. The summed E-state index contributed by atoms with van der Waals surface area (Å²) in [6.07, 6.45) is 10.9. The maximum absolute atomic E-state index is 5.61. The average molecular weight is 667 g/mol. The van der Waals surface area contributed by atoms with E-state index < -0.39 is 0 Å². The molecule has 0 amide bonds. The van der Waals surface area contributed by atoms with Gasteiger partial charge in [-0.2, -0.15) is 0 Å². The van der Waals surface area contributed by atoms with Crippen molar-refractivity contribution < 1.29 is 0 Å². The van der Waals surface area contributed by atoms with Crippen LogP contribution in [0.3, 0.4) is 0 Å². The van der Waals surface area contributed by atoms with E-state index in [-0.39, 0.29) is 0 Å². The maximum atomic E-state index is 5.61. The number of benzene rings is 1. The van der Waals surface area contributed by atoms with Crippen molar-refractivity contribution in [2.75, 3.05) is 0 Å². The van der Waals surface area contributed by atoms with Gasteiger partial charge in [0.25, 0.3) is 0 Å². The van der Waals surface area contributed by atoms with Crippen molar-refractivity contribution in [3.63, 3.8) is 0 Å². The van der Waals surface area contributed by atoms with Crippen LogP contribution in [0.2, 0.25) is 0 Å². The molecule has 0 unspecified atom stereocenters. The number of unbranched alkanes of at least 4 members (excludes halogenated alkanes) is 1. The largest absolute Gasteiger partial charge is 0.354 e. The van der Waals surface area contributed by atoms with Gasteiger partial charge in [0.15, 0.2) is 0 Å². The third-order valence-corrected chi connectivity index (χ3v) is 11.2. The van der Waals surface area contributed by atoms with Crippen LogP contribution >= 0.6 is 0 Å². The maximum Gasteiger partial charge on any atom is 0.0726 e. The molecule has 2 aliphatic heterocycles. The molecular weight excluding hydrogens is 609 g/mol. The lowest BCUT2D eigenvalue weighted by Gasteiger charge is -2.12. The molecule has 0 atom stereocenters. The van der Waals surface area contributed by atoms with E-state index in [1.54, 1.807) is 0 Å². The molecular formula is C46H58N4. The van der Waals surface area contributed by atoms with Gasteiger partial charge in [0.2, 0.25) is 0 Å². The number of nitrogens with one attached hydrogen (secondary N) is 2. The summed E-state index contributed by atoms with van der Waals surface area (Å²) in [5.74, 6) is 0. The highest BCUT2D eigenvalue weighted by Gasteiger charge is 2.27. The van der Waals surface area contributed by atoms with Crippen molar-refractivity contribution in [1.29, 1.82) is 0 Å². The normalized spacial score (nSPS) is 13.2. The predicted octanol–water partition coefficient (Wildman–Crippen LogP) is 13.0. The first-order chi connectivity index (χ1) is 24.4. The average Bonchev–Trinajstić information content (AvgIpc) is 3.88. The zero-order valence-electron chi connectivity index (χ0n) is 32.2. The number of hydrogen-bond donors (Lipinski definition) is 2. The zero-order chi connectivity index (χ0) is 35.5. The standard InChI is InChI=1S/C46H58N4/c1-10-19-25-37-43-33(15-6)29(11-2)38(47-43)26-40-31(13-4)35(17-8)45(49-40)42(28-23-21-20-22-24-28)46-36(18-9)32(14-5)41(50-46)27-39-30(12-3)34(16-7)44(37)48-39/h20-24,26-27,49-50H,10-19,25H2,1-9H3. The molecule has 4 nitrogen and oxygen atoms in total. The number of aryl methyl sites for hydroxylation is 4. The number of aromatic amines is 2. The van der Waals surface area contributed by atoms with Gasteiger partial charge in [-0.15, -0.1) is 0 Å². The van der Waals surface area contributed by atoms with Crippen LogP contribution in [-0.2, 0) is 32.1 Å². The van der Waals surface area contributed by atoms with Crippen LogP contribution in [0.15, 0.2) is 42.5 Å². The minimum absolute atomic E-state index is 0.954. The fourth-order valence-electron chi connectivity index (χ4n) is 8.85. The summed E-state index contributed by atoms with van der Waals surface area (Å²) in [6.45, 7) is 20.7. The van der Waals surface area contributed by atoms with E-state index in [1.807, 2.05) is 0 Å². The van der Waals surface area contributed by atoms with Gasteiger partial charge in [-0.1, -0.05) is 99.1 Å². The fraction of sp³-hybridized carbons (Fsp3) is 0.435. The third kappa shape index (κ3) is 5.99. The van der Waals surface area contributed by atoms with E-state index in [9.17, 15) is 0 Å². The van der Waals surface area contributed by atoms with Crippen LogP contribution in [0.4, 0.5) is 0 Å². The Balaban J connectivity index is 1.96. The lowest BCUT2D eigenvalue weighted by atomic mass is 9.91. The molecule has 8 bridgehead atoms. The smallest absolute Gasteiger partial charge is 0.0726 e. The number of hydrogen-bond acceptors (Lipinski definition) is 2. The quantitative estimate of drug-likeness (QED) is 0.158. The molecule has 6 rings (SSSR count). The fourth-order valence-corrected chi connectivity index (χ4v) is 8.85. The SMILES string of the molecule is CCCCc1c2nc(cc3[nH]c(c(CC)c3CC)c(-c3ccccc3)c3[nH]c(cc4nc1C(CC)=C4CC)c(CC)c3CC)C(CC)=C2CC. The number of aromatic nitrogens is 4. The van der Waals surface area contributed by atoms with Gasteiger partial charge in [-0.05, 0) is 126 Å². The molecule has 50 heavy (non-hydrogen) atoms. The summed E-state index contributed by atoms with van der Waals surface area (Å²) in [7, 11) is 0. The Bertz CT molecular complexity index is 1990. The summed E-state index contributed by atoms with van der Waals surface area (Å²) < 4.78 is 0. The first-order valence-corrected chi connectivity index (χ1v) is 19.8. The molecule has 4 aromatic rings. The second-order valence-electron chi connectivity index (χ2n) is 13.8. The van der Waals surface area contributed by atoms with Crippen molar-refractivity contribution in [3.8, 4) is 11.1 Å². The van der Waals surface area contributed by atoms with E-state index in [2.05, 4.69) is 115 Å². The minimum atomic E-state index is 0.954. The molecule has 3 aromatic heterocycles. The molecule has 2 aliphatic rings. The Labute approximate surface area is 300 Å². The first-order valence-electron chi connectivity index (χ1n) is 19.8. The van der Waals surface area contributed by atoms with Gasteiger partial charge in [0, 0.05) is 22.2 Å². The van der Waals surface area contributed by atoms with Crippen LogP contribution in [0.5, 0.6) is 0 Å². The van der Waals surface area contributed by atoms with Crippen LogP contribution < -0.4 is 0 Å². The zero-order valence-corrected chi connectivity index (χ0v) is 32.2. The Morgan fingerprint density at radius 3 is 1.30 bits per heavy atom. The Kier molecular flexibility index (Phi) is 11.0. The van der Waals surface area contributed by atoms with Gasteiger partial charge in [0.1, 0.15) is 0 Å². The van der Waals surface area contributed by atoms with Crippen LogP contribution in [0.1, 0.15) is 151 Å². The van der Waals surface area contributed by atoms with Gasteiger partial charge in [-0.25, -0.2) is 9.97 Å². The molecule has 0 aliphatic carbocycles. The van der Waals surface area contributed by atoms with Gasteiger partial charge < -0.3 is 9.97 Å². The summed E-state index contributed by atoms with van der Waals surface area (Å²) in [4.78, 5) is 19.3. The van der Waals surface area contributed by atoms with E-state index in [0.29, 0.717) is 0 Å². The van der Waals surface area contributed by atoms with Crippen molar-refractivity contribution >= 4 is 44.4 Å². The molecule has 0 saturated carbocycles. The number of nitrogens with zero attached hydrogens (tertiary/aromatic N) is 2. The molecule has 0 fully saturated rings. The van der Waals surface area contributed by atoms with Crippen LogP contribution in [0.25, 0.3) is 55.5 Å². The number of allylic oxidation sites excluding steroid dienone is 4. The highest BCUT2D eigenvalue weighted by Crippen LogP contribution is 2.43. The van der Waals surface area contributed by atoms with E-state index in [1.165, 1.54) is 94.7 Å². The highest BCUT2D eigenvalue weighted by molar-refractivity contribution is 6.01. The minimum Gasteiger partial charge on any atom is -0.354 e. The van der Waals surface area contributed by atoms with E-state index >= 15 is 0 Å². The number of fused-ring (bicyclic) bond motifs is 8. The lowest BCUT2D eigenvalue weighted by molar-refractivity contribution is 0.786. The molecule has 0 radical (unpaired) electrons. The summed E-state index contributed by atoms with van der Waals surface area (Å²) in [5, 5.41) is 0. The molecule has 0 spiro atoms. The molecule has 4 heteroatoms. The Hall–Kier alpha value is -4.18.